The van der Waals surface area contributed by atoms with Gasteiger partial charge in [0.05, 0.1) is 6.61 Å². The highest BCUT2D eigenvalue weighted by atomic mass is 16.5. The van der Waals surface area contributed by atoms with Gasteiger partial charge in [0.2, 0.25) is 5.91 Å². The Balaban J connectivity index is 1.43. The largest absolute Gasteiger partial charge is 0.493 e. The Morgan fingerprint density at radius 3 is 2.62 bits per heavy atom. The highest BCUT2D eigenvalue weighted by Gasteiger charge is 2.29. The van der Waals surface area contributed by atoms with Crippen LogP contribution < -0.4 is 15.4 Å². The maximum Gasteiger partial charge on any atom is 0.223 e. The maximum absolute atomic E-state index is 12.4. The minimum atomic E-state index is 0.243. The van der Waals surface area contributed by atoms with Crippen LogP contribution in [0.4, 0.5) is 0 Å². The second-order valence-electron chi connectivity index (χ2n) is 8.76. The van der Waals surface area contributed by atoms with E-state index in [9.17, 15) is 4.79 Å². The van der Waals surface area contributed by atoms with Crippen LogP contribution in [-0.4, -0.2) is 50.1 Å². The van der Waals surface area contributed by atoms with Gasteiger partial charge in [0.25, 0.3) is 0 Å². The molecule has 1 heterocycles. The molecule has 1 fully saturated rings. The smallest absolute Gasteiger partial charge is 0.223 e. The van der Waals surface area contributed by atoms with Crippen LogP contribution in [0.3, 0.4) is 0 Å². The molecular weight excluding hydrogens is 400 g/mol. The summed E-state index contributed by atoms with van der Waals surface area (Å²) in [6.07, 6.45) is 1.49. The molecule has 32 heavy (non-hydrogen) atoms. The highest BCUT2D eigenvalue weighted by Crippen LogP contribution is 2.19. The van der Waals surface area contributed by atoms with Crippen LogP contribution in [0.25, 0.3) is 0 Å². The highest BCUT2D eigenvalue weighted by molar-refractivity contribution is 5.81. The third-order valence-electron chi connectivity index (χ3n) is 5.58. The summed E-state index contributed by atoms with van der Waals surface area (Å²) in [6.45, 7) is 7.90. The number of amides is 1. The summed E-state index contributed by atoms with van der Waals surface area (Å²) in [5.41, 5.74) is 2.36. The fraction of sp³-hybridized carbons (Fsp3) is 0.462. The molecule has 6 heteroatoms. The minimum absolute atomic E-state index is 0.243. The van der Waals surface area contributed by atoms with E-state index in [1.807, 2.05) is 41.3 Å². The molecule has 172 valence electrons. The van der Waals surface area contributed by atoms with E-state index in [1.165, 1.54) is 5.56 Å². The lowest BCUT2D eigenvalue weighted by Gasteiger charge is -2.18. The van der Waals surface area contributed by atoms with Gasteiger partial charge in [0, 0.05) is 51.1 Å². The van der Waals surface area contributed by atoms with Gasteiger partial charge in [-0.15, -0.1) is 0 Å². The summed E-state index contributed by atoms with van der Waals surface area (Å²) in [4.78, 5) is 18.7. The van der Waals surface area contributed by atoms with E-state index in [2.05, 4.69) is 47.7 Å². The predicted molar refractivity (Wildman–Crippen MR) is 130 cm³/mol. The summed E-state index contributed by atoms with van der Waals surface area (Å²) in [6, 6.07) is 18.4. The van der Waals surface area contributed by atoms with E-state index in [4.69, 9.17) is 4.74 Å². The molecule has 1 aliphatic heterocycles. The van der Waals surface area contributed by atoms with Crippen molar-refractivity contribution in [3.8, 4) is 5.75 Å². The first-order valence-corrected chi connectivity index (χ1v) is 11.5. The predicted octanol–water partition coefficient (Wildman–Crippen LogP) is 3.48. The Bertz CT molecular complexity index is 882. The zero-order chi connectivity index (χ0) is 22.8. The topological polar surface area (TPSA) is 66.0 Å². The van der Waals surface area contributed by atoms with E-state index < -0.39 is 0 Å². The number of likely N-dealkylation sites (tertiary alicyclic amines) is 1. The molecule has 1 amide bonds. The lowest BCUT2D eigenvalue weighted by Crippen LogP contribution is -2.40. The fourth-order valence-corrected chi connectivity index (χ4v) is 3.80. The van der Waals surface area contributed by atoms with Crippen molar-refractivity contribution in [2.45, 2.75) is 33.2 Å². The van der Waals surface area contributed by atoms with E-state index >= 15 is 0 Å². The number of nitrogens with one attached hydrogen (secondary N) is 2. The molecule has 1 atom stereocenters. The average molecular weight is 437 g/mol. The number of guanidine groups is 1. The van der Waals surface area contributed by atoms with Crippen LogP contribution in [0.1, 0.15) is 31.4 Å². The van der Waals surface area contributed by atoms with Gasteiger partial charge in [-0.1, -0.05) is 62.4 Å². The third-order valence-corrected chi connectivity index (χ3v) is 5.58. The number of hydrogen-bond acceptors (Lipinski definition) is 3. The van der Waals surface area contributed by atoms with Crippen LogP contribution in [0, 0.1) is 11.8 Å². The van der Waals surface area contributed by atoms with Gasteiger partial charge in [-0.25, -0.2) is 0 Å². The normalized spacial score (nSPS) is 16.5. The number of ether oxygens (including phenoxy) is 1. The average Bonchev–Trinajstić information content (AvgIpc) is 3.17. The van der Waals surface area contributed by atoms with Crippen molar-refractivity contribution in [3.63, 3.8) is 0 Å². The first-order valence-electron chi connectivity index (χ1n) is 11.5. The van der Waals surface area contributed by atoms with E-state index in [0.29, 0.717) is 31.4 Å². The van der Waals surface area contributed by atoms with E-state index in [0.717, 1.165) is 43.3 Å². The number of carbonyl (C=O) groups excluding carboxylic acids is 1. The van der Waals surface area contributed by atoms with Crippen molar-refractivity contribution in [1.82, 2.24) is 15.5 Å². The summed E-state index contributed by atoms with van der Waals surface area (Å²) in [7, 11) is 1.77. The van der Waals surface area contributed by atoms with Gasteiger partial charge in [0.15, 0.2) is 5.96 Å². The second-order valence-corrected chi connectivity index (χ2v) is 8.76. The number of benzene rings is 2. The number of rotatable bonds is 10. The van der Waals surface area contributed by atoms with Gasteiger partial charge in [-0.05, 0) is 24.0 Å². The fourth-order valence-electron chi connectivity index (χ4n) is 3.80. The molecule has 1 saturated heterocycles. The molecule has 0 aliphatic carbocycles. The number of carbonyl (C=O) groups is 1. The third kappa shape index (κ3) is 7.29. The van der Waals surface area contributed by atoms with Crippen molar-refractivity contribution in [2.24, 2.45) is 16.8 Å². The van der Waals surface area contributed by atoms with E-state index in [-0.39, 0.29) is 5.91 Å². The molecule has 6 nitrogen and oxygen atoms in total. The molecule has 0 bridgehead atoms. The van der Waals surface area contributed by atoms with Gasteiger partial charge in [-0.3, -0.25) is 9.79 Å². The Kier molecular flexibility index (Phi) is 8.96. The van der Waals surface area contributed by atoms with Gasteiger partial charge < -0.3 is 20.3 Å². The molecule has 2 aromatic rings. The summed E-state index contributed by atoms with van der Waals surface area (Å²) >= 11 is 0. The van der Waals surface area contributed by atoms with Crippen LogP contribution in [-0.2, 0) is 17.8 Å². The first kappa shape index (κ1) is 23.6. The van der Waals surface area contributed by atoms with Crippen LogP contribution in [0.5, 0.6) is 5.75 Å². The molecule has 0 aromatic heterocycles. The molecule has 2 N–H and O–H groups in total. The molecule has 2 aromatic carbocycles. The van der Waals surface area contributed by atoms with Crippen LogP contribution in [0.15, 0.2) is 59.6 Å². The van der Waals surface area contributed by atoms with E-state index in [1.54, 1.807) is 7.05 Å². The quantitative estimate of drug-likeness (QED) is 0.442. The van der Waals surface area contributed by atoms with Crippen molar-refractivity contribution < 1.29 is 9.53 Å². The number of para-hydroxylation sites is 1. The molecular formula is C26H36N4O2. The van der Waals surface area contributed by atoms with Gasteiger partial charge >= 0.3 is 0 Å². The molecule has 0 radical (unpaired) electrons. The Hall–Kier alpha value is -3.02. The Morgan fingerprint density at radius 1 is 1.12 bits per heavy atom. The van der Waals surface area contributed by atoms with Crippen molar-refractivity contribution in [2.75, 3.05) is 33.3 Å². The lowest BCUT2D eigenvalue weighted by atomic mass is 10.1. The minimum Gasteiger partial charge on any atom is -0.493 e. The number of aliphatic imine (C=N–C) groups is 1. The lowest BCUT2D eigenvalue weighted by molar-refractivity contribution is -0.127. The Morgan fingerprint density at radius 2 is 1.88 bits per heavy atom. The molecule has 0 saturated carbocycles. The first-order chi connectivity index (χ1) is 15.5. The van der Waals surface area contributed by atoms with Gasteiger partial charge in [-0.2, -0.15) is 0 Å². The molecule has 3 rings (SSSR count). The SMILES string of the molecule is CN=C(NCc1ccccc1OCC(C)C)NCC1CC(=O)N(CCc2ccccc2)C1. The van der Waals surface area contributed by atoms with Crippen LogP contribution in [0.2, 0.25) is 0 Å². The van der Waals surface area contributed by atoms with Crippen LogP contribution >= 0.6 is 0 Å². The summed E-state index contributed by atoms with van der Waals surface area (Å²) in [5.74, 6) is 2.65. The molecule has 1 unspecified atom stereocenters. The van der Waals surface area contributed by atoms with Crippen molar-refractivity contribution in [3.05, 3.63) is 65.7 Å². The molecule has 1 aliphatic rings. The summed E-state index contributed by atoms with van der Waals surface area (Å²) in [5, 5.41) is 6.75. The van der Waals surface area contributed by atoms with Crippen molar-refractivity contribution in [1.29, 1.82) is 0 Å². The zero-order valence-corrected chi connectivity index (χ0v) is 19.5. The number of hydrogen-bond donors (Lipinski definition) is 2. The maximum atomic E-state index is 12.4. The van der Waals surface area contributed by atoms with Gasteiger partial charge in [0.1, 0.15) is 5.75 Å². The summed E-state index contributed by atoms with van der Waals surface area (Å²) < 4.78 is 5.94. The second kappa shape index (κ2) is 12.1. The monoisotopic (exact) mass is 436 g/mol. The standard InChI is InChI=1S/C26H36N4O2/c1-20(2)19-32-24-12-8-7-11-23(24)17-29-26(27-3)28-16-22-15-25(31)30(18-22)14-13-21-9-5-4-6-10-21/h4-12,20,22H,13-19H2,1-3H3,(H2,27,28,29). The van der Waals surface area contributed by atoms with Crippen molar-refractivity contribution >= 4 is 11.9 Å². The Labute approximate surface area is 192 Å². The zero-order valence-electron chi connectivity index (χ0n) is 19.5. The number of nitrogens with zero attached hydrogens (tertiary/aromatic N) is 2. The molecule has 0 spiro atoms.